The number of likely N-dealkylation sites (N-methyl/N-ethyl adjacent to an activating group) is 1. The average molecular weight is 243 g/mol. The summed E-state index contributed by atoms with van der Waals surface area (Å²) in [4.78, 5) is 20.9. The molecule has 0 aliphatic heterocycles. The molecule has 2 N–H and O–H groups in total. The van der Waals surface area contributed by atoms with Gasteiger partial charge >= 0.3 is 0 Å². The Morgan fingerprint density at radius 3 is 2.62 bits per heavy atom. The summed E-state index contributed by atoms with van der Waals surface area (Å²) in [5.74, 6) is 0.837. The van der Waals surface area contributed by atoms with Gasteiger partial charge < -0.3 is 10.6 Å². The maximum atomic E-state index is 10.9. The van der Waals surface area contributed by atoms with Gasteiger partial charge in [-0.2, -0.15) is 0 Å². The van der Waals surface area contributed by atoms with E-state index in [9.17, 15) is 4.79 Å². The molecule has 6 heteroatoms. The molecule has 0 unspecified atom stereocenters. The van der Waals surface area contributed by atoms with Crippen molar-refractivity contribution in [3.05, 3.63) is 16.5 Å². The van der Waals surface area contributed by atoms with Crippen LogP contribution in [0.4, 0.5) is 5.82 Å². The molecule has 0 spiro atoms. The second-order valence-electron chi connectivity index (χ2n) is 3.54. The van der Waals surface area contributed by atoms with E-state index in [1.807, 2.05) is 6.92 Å². The minimum absolute atomic E-state index is 0.111. The zero-order valence-corrected chi connectivity index (χ0v) is 10.4. The highest BCUT2D eigenvalue weighted by Gasteiger charge is 2.14. The van der Waals surface area contributed by atoms with Crippen LogP contribution in [0.1, 0.15) is 18.3 Å². The van der Waals surface area contributed by atoms with Gasteiger partial charge in [0.2, 0.25) is 5.91 Å². The molecule has 0 fully saturated rings. The Labute approximate surface area is 99.6 Å². The van der Waals surface area contributed by atoms with Crippen molar-refractivity contribution in [2.24, 2.45) is 5.73 Å². The number of hydrogen-bond donors (Lipinski definition) is 1. The van der Waals surface area contributed by atoms with Crippen molar-refractivity contribution >= 4 is 23.3 Å². The van der Waals surface area contributed by atoms with Crippen LogP contribution in [0.15, 0.2) is 0 Å². The zero-order valence-electron chi connectivity index (χ0n) is 9.62. The average Bonchev–Trinajstić information content (AvgIpc) is 2.15. The Morgan fingerprint density at radius 1 is 1.50 bits per heavy atom. The lowest BCUT2D eigenvalue weighted by Crippen LogP contribution is -2.32. The first-order chi connectivity index (χ1) is 7.45. The van der Waals surface area contributed by atoms with Crippen LogP contribution in [-0.4, -0.2) is 29.5 Å². The standard InChI is InChI=1S/C10H15ClN4O/c1-4-7-9(11)13-6(2)14-10(7)15(3)5-8(12)16/h4-5H2,1-3H3,(H2,12,16). The first-order valence-electron chi connectivity index (χ1n) is 4.98. The lowest BCUT2D eigenvalue weighted by molar-refractivity contribution is -0.116. The van der Waals surface area contributed by atoms with Crippen molar-refractivity contribution < 1.29 is 4.79 Å². The predicted molar refractivity (Wildman–Crippen MR) is 63.6 cm³/mol. The normalized spacial score (nSPS) is 10.2. The number of rotatable bonds is 4. The van der Waals surface area contributed by atoms with Crippen LogP contribution in [0, 0.1) is 6.92 Å². The van der Waals surface area contributed by atoms with Gasteiger partial charge in [0.15, 0.2) is 0 Å². The Hall–Kier alpha value is -1.36. The summed E-state index contributed by atoms with van der Waals surface area (Å²) in [7, 11) is 1.75. The molecule has 1 aromatic heterocycles. The van der Waals surface area contributed by atoms with Gasteiger partial charge in [0.1, 0.15) is 16.8 Å². The molecule has 1 rings (SSSR count). The smallest absolute Gasteiger partial charge is 0.236 e. The van der Waals surface area contributed by atoms with Crippen LogP contribution in [-0.2, 0) is 11.2 Å². The Morgan fingerprint density at radius 2 is 2.12 bits per heavy atom. The highest BCUT2D eigenvalue weighted by Crippen LogP contribution is 2.23. The predicted octanol–water partition coefficient (Wildman–Crippen LogP) is 0.922. The molecule has 1 aromatic rings. The van der Waals surface area contributed by atoms with Gasteiger partial charge in [-0.05, 0) is 13.3 Å². The number of primary amides is 1. The molecule has 0 atom stereocenters. The summed E-state index contributed by atoms with van der Waals surface area (Å²) in [5.41, 5.74) is 5.97. The quantitative estimate of drug-likeness (QED) is 0.797. The summed E-state index contributed by atoms with van der Waals surface area (Å²) < 4.78 is 0. The van der Waals surface area contributed by atoms with Crippen LogP contribution in [0.5, 0.6) is 0 Å². The van der Waals surface area contributed by atoms with Crippen molar-refractivity contribution in [1.29, 1.82) is 0 Å². The highest BCUT2D eigenvalue weighted by atomic mass is 35.5. The van der Waals surface area contributed by atoms with E-state index >= 15 is 0 Å². The third-order valence-electron chi connectivity index (χ3n) is 2.15. The summed E-state index contributed by atoms with van der Waals surface area (Å²) in [6.07, 6.45) is 0.706. The minimum atomic E-state index is -0.406. The Bertz CT molecular complexity index is 408. The molecule has 16 heavy (non-hydrogen) atoms. The number of carbonyl (C=O) groups is 1. The lowest BCUT2D eigenvalue weighted by atomic mass is 10.2. The molecular formula is C10H15ClN4O. The Kier molecular flexibility index (Phi) is 4.06. The maximum Gasteiger partial charge on any atom is 0.236 e. The molecule has 88 valence electrons. The molecule has 0 saturated heterocycles. The second-order valence-corrected chi connectivity index (χ2v) is 3.90. The van der Waals surface area contributed by atoms with E-state index in [4.69, 9.17) is 17.3 Å². The summed E-state index contributed by atoms with van der Waals surface area (Å²) >= 11 is 6.02. The summed E-state index contributed by atoms with van der Waals surface area (Å²) in [6, 6.07) is 0. The van der Waals surface area contributed by atoms with Gasteiger partial charge in [-0.25, -0.2) is 9.97 Å². The molecule has 1 heterocycles. The molecule has 5 nitrogen and oxygen atoms in total. The van der Waals surface area contributed by atoms with E-state index in [0.717, 1.165) is 5.56 Å². The lowest BCUT2D eigenvalue weighted by Gasteiger charge is -2.20. The molecule has 0 bridgehead atoms. The highest BCUT2D eigenvalue weighted by molar-refractivity contribution is 6.30. The van der Waals surface area contributed by atoms with E-state index < -0.39 is 5.91 Å². The fourth-order valence-corrected chi connectivity index (χ4v) is 1.82. The van der Waals surface area contributed by atoms with E-state index in [2.05, 4.69) is 9.97 Å². The fourth-order valence-electron chi connectivity index (χ4n) is 1.48. The third kappa shape index (κ3) is 2.82. The van der Waals surface area contributed by atoms with Crippen LogP contribution in [0.2, 0.25) is 5.15 Å². The van der Waals surface area contributed by atoms with Crippen LogP contribution in [0.25, 0.3) is 0 Å². The monoisotopic (exact) mass is 242 g/mol. The number of nitrogens with zero attached hydrogens (tertiary/aromatic N) is 3. The van der Waals surface area contributed by atoms with Crippen LogP contribution < -0.4 is 10.6 Å². The molecule has 1 amide bonds. The Balaban J connectivity index is 3.15. The largest absolute Gasteiger partial charge is 0.368 e. The second kappa shape index (κ2) is 5.12. The SMILES string of the molecule is CCc1c(Cl)nc(C)nc1N(C)CC(N)=O. The minimum Gasteiger partial charge on any atom is -0.368 e. The van der Waals surface area contributed by atoms with E-state index in [1.54, 1.807) is 18.9 Å². The zero-order chi connectivity index (χ0) is 12.3. The van der Waals surface area contributed by atoms with Crippen molar-refractivity contribution in [3.63, 3.8) is 0 Å². The number of aryl methyl sites for hydroxylation is 1. The van der Waals surface area contributed by atoms with Crippen molar-refractivity contribution in [1.82, 2.24) is 9.97 Å². The number of anilines is 1. The third-order valence-corrected chi connectivity index (χ3v) is 2.47. The molecule has 0 aliphatic rings. The molecule has 0 radical (unpaired) electrons. The van der Waals surface area contributed by atoms with E-state index in [0.29, 0.717) is 23.2 Å². The van der Waals surface area contributed by atoms with Gasteiger partial charge in [0.05, 0.1) is 6.54 Å². The van der Waals surface area contributed by atoms with Crippen molar-refractivity contribution in [3.8, 4) is 0 Å². The number of aromatic nitrogens is 2. The maximum absolute atomic E-state index is 10.9. The summed E-state index contributed by atoms with van der Waals surface area (Å²) in [5, 5.41) is 0.432. The fraction of sp³-hybridized carbons (Fsp3) is 0.500. The van der Waals surface area contributed by atoms with Gasteiger partial charge in [-0.15, -0.1) is 0 Å². The van der Waals surface area contributed by atoms with Crippen molar-refractivity contribution in [2.45, 2.75) is 20.3 Å². The number of amides is 1. The van der Waals surface area contributed by atoms with E-state index in [-0.39, 0.29) is 6.54 Å². The van der Waals surface area contributed by atoms with Gasteiger partial charge in [-0.3, -0.25) is 4.79 Å². The number of hydrogen-bond acceptors (Lipinski definition) is 4. The van der Waals surface area contributed by atoms with Crippen LogP contribution >= 0.6 is 11.6 Å². The number of nitrogens with two attached hydrogens (primary N) is 1. The van der Waals surface area contributed by atoms with Gasteiger partial charge in [0, 0.05) is 12.6 Å². The van der Waals surface area contributed by atoms with Crippen LogP contribution in [0.3, 0.4) is 0 Å². The van der Waals surface area contributed by atoms with Gasteiger partial charge in [-0.1, -0.05) is 18.5 Å². The molecule has 0 saturated carbocycles. The van der Waals surface area contributed by atoms with E-state index in [1.165, 1.54) is 0 Å². The first-order valence-corrected chi connectivity index (χ1v) is 5.36. The molecule has 0 aliphatic carbocycles. The molecular weight excluding hydrogens is 228 g/mol. The van der Waals surface area contributed by atoms with Crippen molar-refractivity contribution in [2.75, 3.05) is 18.5 Å². The molecule has 0 aromatic carbocycles. The number of halogens is 1. The summed E-state index contributed by atoms with van der Waals surface area (Å²) in [6.45, 7) is 3.83. The first kappa shape index (κ1) is 12.7. The van der Waals surface area contributed by atoms with Gasteiger partial charge in [0.25, 0.3) is 0 Å². The topological polar surface area (TPSA) is 72.1 Å². The number of carbonyl (C=O) groups excluding carboxylic acids is 1.